The summed E-state index contributed by atoms with van der Waals surface area (Å²) in [5.74, 6) is 0. The highest BCUT2D eigenvalue weighted by molar-refractivity contribution is 5.85. The topological polar surface area (TPSA) is 15.3 Å². The molecule has 2 fully saturated rings. The van der Waals surface area contributed by atoms with Crippen LogP contribution < -0.4 is 5.32 Å². The van der Waals surface area contributed by atoms with Crippen LogP contribution in [-0.4, -0.2) is 31.1 Å². The number of hydrogen-bond acceptors (Lipinski definition) is 2. The molecule has 1 aromatic rings. The Morgan fingerprint density at radius 1 is 1.11 bits per heavy atom. The SMILES string of the molecule is Cl.Cl.c1ccc(CN2CCCC3(CCNC3)C2)cc1. The third-order valence-electron chi connectivity index (χ3n) is 4.32. The summed E-state index contributed by atoms with van der Waals surface area (Å²) in [4.78, 5) is 2.64. The van der Waals surface area contributed by atoms with Gasteiger partial charge in [-0.1, -0.05) is 30.3 Å². The lowest BCUT2D eigenvalue weighted by Crippen LogP contribution is -2.43. The molecule has 2 aliphatic heterocycles. The summed E-state index contributed by atoms with van der Waals surface area (Å²) in [7, 11) is 0. The number of nitrogens with zero attached hydrogens (tertiary/aromatic N) is 1. The molecule has 2 nitrogen and oxygen atoms in total. The molecule has 0 aromatic heterocycles. The monoisotopic (exact) mass is 302 g/mol. The molecule has 2 saturated heterocycles. The van der Waals surface area contributed by atoms with Crippen LogP contribution in [0.15, 0.2) is 30.3 Å². The van der Waals surface area contributed by atoms with Gasteiger partial charge in [0, 0.05) is 19.6 Å². The van der Waals surface area contributed by atoms with Gasteiger partial charge in [0.1, 0.15) is 0 Å². The summed E-state index contributed by atoms with van der Waals surface area (Å²) in [6.07, 6.45) is 4.16. The highest BCUT2D eigenvalue weighted by Crippen LogP contribution is 2.35. The molecule has 0 bridgehead atoms. The number of halogens is 2. The quantitative estimate of drug-likeness (QED) is 0.903. The molecule has 3 rings (SSSR count). The van der Waals surface area contributed by atoms with Crippen LogP contribution in [0.5, 0.6) is 0 Å². The van der Waals surface area contributed by atoms with Crippen LogP contribution in [0.25, 0.3) is 0 Å². The van der Waals surface area contributed by atoms with Crippen molar-refractivity contribution in [2.24, 2.45) is 5.41 Å². The van der Waals surface area contributed by atoms with Gasteiger partial charge in [-0.15, -0.1) is 24.8 Å². The van der Waals surface area contributed by atoms with Crippen molar-refractivity contribution in [2.45, 2.75) is 25.8 Å². The number of benzene rings is 1. The molecule has 1 N–H and O–H groups in total. The predicted molar refractivity (Wildman–Crippen MR) is 85.4 cm³/mol. The van der Waals surface area contributed by atoms with Crippen LogP contribution in [0, 0.1) is 5.41 Å². The smallest absolute Gasteiger partial charge is 0.0233 e. The fourth-order valence-corrected chi connectivity index (χ4v) is 3.43. The lowest BCUT2D eigenvalue weighted by atomic mass is 9.79. The van der Waals surface area contributed by atoms with E-state index in [2.05, 4.69) is 40.5 Å². The minimum Gasteiger partial charge on any atom is -0.316 e. The molecule has 2 heterocycles. The van der Waals surface area contributed by atoms with E-state index >= 15 is 0 Å². The van der Waals surface area contributed by atoms with Crippen LogP contribution in [-0.2, 0) is 6.54 Å². The Kier molecular flexibility index (Phi) is 6.61. The van der Waals surface area contributed by atoms with Gasteiger partial charge < -0.3 is 5.32 Å². The number of nitrogens with one attached hydrogen (secondary N) is 1. The van der Waals surface area contributed by atoms with E-state index in [1.54, 1.807) is 0 Å². The Bertz CT molecular complexity index is 364. The number of rotatable bonds is 2. The molecule has 4 heteroatoms. The van der Waals surface area contributed by atoms with E-state index in [0.29, 0.717) is 5.41 Å². The first-order chi connectivity index (χ1) is 8.36. The Balaban J connectivity index is 0.000000902. The van der Waals surface area contributed by atoms with Crippen LogP contribution in [0.2, 0.25) is 0 Å². The van der Waals surface area contributed by atoms with Crippen LogP contribution in [0.4, 0.5) is 0 Å². The van der Waals surface area contributed by atoms with Crippen molar-refractivity contribution in [3.8, 4) is 0 Å². The van der Waals surface area contributed by atoms with Gasteiger partial charge in [-0.3, -0.25) is 4.90 Å². The van der Waals surface area contributed by atoms with Crippen molar-refractivity contribution in [3.63, 3.8) is 0 Å². The minimum atomic E-state index is 0. The van der Waals surface area contributed by atoms with E-state index in [9.17, 15) is 0 Å². The number of likely N-dealkylation sites (tertiary alicyclic amines) is 1. The Morgan fingerprint density at radius 3 is 2.58 bits per heavy atom. The molecular weight excluding hydrogens is 279 g/mol. The van der Waals surface area contributed by atoms with Crippen LogP contribution in [0.3, 0.4) is 0 Å². The second-order valence-corrected chi connectivity index (χ2v) is 5.73. The zero-order valence-corrected chi connectivity index (χ0v) is 12.9. The third kappa shape index (κ3) is 4.09. The van der Waals surface area contributed by atoms with E-state index in [0.717, 1.165) is 6.54 Å². The number of piperidine rings is 1. The molecule has 0 aliphatic carbocycles. The molecule has 108 valence electrons. The van der Waals surface area contributed by atoms with Crippen molar-refractivity contribution in [1.82, 2.24) is 10.2 Å². The Hall–Kier alpha value is -0.280. The molecule has 0 saturated carbocycles. The van der Waals surface area contributed by atoms with Gasteiger partial charge in [0.05, 0.1) is 0 Å². The first-order valence-electron chi connectivity index (χ1n) is 6.83. The predicted octanol–water partition coefficient (Wildman–Crippen LogP) is 3.11. The largest absolute Gasteiger partial charge is 0.316 e. The van der Waals surface area contributed by atoms with Crippen molar-refractivity contribution in [1.29, 1.82) is 0 Å². The van der Waals surface area contributed by atoms with Crippen LogP contribution in [0.1, 0.15) is 24.8 Å². The van der Waals surface area contributed by atoms with Gasteiger partial charge in [0.25, 0.3) is 0 Å². The summed E-state index contributed by atoms with van der Waals surface area (Å²) < 4.78 is 0. The average molecular weight is 303 g/mol. The number of hydrogen-bond donors (Lipinski definition) is 1. The van der Waals surface area contributed by atoms with Crippen molar-refractivity contribution >= 4 is 24.8 Å². The lowest BCUT2D eigenvalue weighted by Gasteiger charge is -2.40. The molecule has 1 unspecified atom stereocenters. The van der Waals surface area contributed by atoms with Gasteiger partial charge >= 0.3 is 0 Å². The van der Waals surface area contributed by atoms with Gasteiger partial charge in [-0.05, 0) is 43.3 Å². The second-order valence-electron chi connectivity index (χ2n) is 5.73. The zero-order valence-electron chi connectivity index (χ0n) is 11.3. The molecule has 19 heavy (non-hydrogen) atoms. The Morgan fingerprint density at radius 2 is 1.89 bits per heavy atom. The summed E-state index contributed by atoms with van der Waals surface area (Å²) in [6.45, 7) is 6.14. The van der Waals surface area contributed by atoms with E-state index in [1.165, 1.54) is 51.0 Å². The molecule has 1 atom stereocenters. The van der Waals surface area contributed by atoms with Gasteiger partial charge in [-0.25, -0.2) is 0 Å². The maximum atomic E-state index is 3.54. The molecule has 1 aromatic carbocycles. The summed E-state index contributed by atoms with van der Waals surface area (Å²) in [5.41, 5.74) is 2.04. The molecular formula is C15H24Cl2N2. The van der Waals surface area contributed by atoms with E-state index < -0.39 is 0 Å². The van der Waals surface area contributed by atoms with Gasteiger partial charge in [-0.2, -0.15) is 0 Å². The van der Waals surface area contributed by atoms with Crippen molar-refractivity contribution < 1.29 is 0 Å². The molecule has 0 amide bonds. The second kappa shape index (κ2) is 7.49. The van der Waals surface area contributed by atoms with Gasteiger partial charge in [0.15, 0.2) is 0 Å². The fourth-order valence-electron chi connectivity index (χ4n) is 3.43. The minimum absolute atomic E-state index is 0. The summed E-state index contributed by atoms with van der Waals surface area (Å²) in [5, 5.41) is 3.54. The summed E-state index contributed by atoms with van der Waals surface area (Å²) in [6, 6.07) is 10.9. The van der Waals surface area contributed by atoms with E-state index in [1.807, 2.05) is 0 Å². The van der Waals surface area contributed by atoms with Crippen molar-refractivity contribution in [2.75, 3.05) is 26.2 Å². The first kappa shape index (κ1) is 16.8. The van der Waals surface area contributed by atoms with Crippen molar-refractivity contribution in [3.05, 3.63) is 35.9 Å². The fraction of sp³-hybridized carbons (Fsp3) is 0.600. The molecule has 0 radical (unpaired) electrons. The maximum Gasteiger partial charge on any atom is 0.0233 e. The first-order valence-corrected chi connectivity index (χ1v) is 6.83. The standard InChI is InChI=1S/C15H22N2.2ClH/c1-2-5-14(6-3-1)11-17-10-4-7-15(13-17)8-9-16-12-15;;/h1-3,5-6,16H,4,7-13H2;2*1H. The highest BCUT2D eigenvalue weighted by Gasteiger charge is 2.37. The van der Waals surface area contributed by atoms with Crippen LogP contribution >= 0.6 is 24.8 Å². The summed E-state index contributed by atoms with van der Waals surface area (Å²) >= 11 is 0. The zero-order chi connectivity index (χ0) is 11.6. The van der Waals surface area contributed by atoms with Gasteiger partial charge in [0.2, 0.25) is 0 Å². The highest BCUT2D eigenvalue weighted by atomic mass is 35.5. The molecule has 1 spiro atoms. The lowest BCUT2D eigenvalue weighted by molar-refractivity contribution is 0.0978. The third-order valence-corrected chi connectivity index (χ3v) is 4.32. The van der Waals surface area contributed by atoms with E-state index in [-0.39, 0.29) is 24.8 Å². The Labute approximate surface area is 128 Å². The average Bonchev–Trinajstić information content (AvgIpc) is 2.79. The maximum absolute atomic E-state index is 3.54. The van der Waals surface area contributed by atoms with E-state index in [4.69, 9.17) is 0 Å². The molecule has 2 aliphatic rings. The normalized spacial score (nSPS) is 26.7.